The summed E-state index contributed by atoms with van der Waals surface area (Å²) in [5.41, 5.74) is 0.00699. The molecule has 0 aliphatic heterocycles. The Morgan fingerprint density at radius 1 is 0.618 bits per heavy atom. The first-order valence-electron chi connectivity index (χ1n) is 14.7. The topological polar surface area (TPSA) is 52.6 Å². The Bertz CT molecular complexity index is 734. The van der Waals surface area contributed by atoms with Gasteiger partial charge in [0.05, 0.1) is 24.0 Å². The van der Waals surface area contributed by atoms with Crippen LogP contribution in [-0.2, 0) is 19.1 Å². The lowest BCUT2D eigenvalue weighted by atomic mass is 9.31. The zero-order valence-corrected chi connectivity index (χ0v) is 21.7. The van der Waals surface area contributed by atoms with E-state index in [1.54, 1.807) is 0 Å². The predicted molar refractivity (Wildman–Crippen MR) is 131 cm³/mol. The van der Waals surface area contributed by atoms with Crippen LogP contribution in [0.5, 0.6) is 0 Å². The van der Waals surface area contributed by atoms with Crippen molar-refractivity contribution in [2.45, 2.75) is 117 Å². The Labute approximate surface area is 206 Å². The number of carbonyl (C=O) groups is 2. The quantitative estimate of drug-likeness (QED) is 0.273. The standard InChI is InChI=1S/C30H46O4/c1-3-5-7-33-25(31)27-11-21-9-22(12-27)16-29(15-21,19-27)30-17-23-10-24(18-30)14-28(13-23,20-30)26(32)34-8-6-4-2/h21-24H,3-20H2,1-2H3. The van der Waals surface area contributed by atoms with Gasteiger partial charge < -0.3 is 9.47 Å². The number of hydrogen-bond donors (Lipinski definition) is 0. The molecule has 0 aromatic heterocycles. The van der Waals surface area contributed by atoms with Crippen LogP contribution in [0.3, 0.4) is 0 Å². The lowest BCUT2D eigenvalue weighted by Crippen LogP contribution is -2.66. The van der Waals surface area contributed by atoms with E-state index in [-0.39, 0.29) is 33.6 Å². The second-order valence-corrected chi connectivity index (χ2v) is 14.0. The van der Waals surface area contributed by atoms with Crippen LogP contribution in [0.1, 0.15) is 117 Å². The van der Waals surface area contributed by atoms with E-state index >= 15 is 0 Å². The molecule has 8 aliphatic rings. The van der Waals surface area contributed by atoms with Gasteiger partial charge in [-0.2, -0.15) is 0 Å². The summed E-state index contributed by atoms with van der Waals surface area (Å²) >= 11 is 0. The largest absolute Gasteiger partial charge is 0.465 e. The summed E-state index contributed by atoms with van der Waals surface area (Å²) in [6, 6.07) is 0. The highest BCUT2D eigenvalue weighted by Crippen LogP contribution is 2.78. The molecule has 4 heteroatoms. The van der Waals surface area contributed by atoms with Crippen molar-refractivity contribution in [2.24, 2.45) is 45.3 Å². The van der Waals surface area contributed by atoms with Crippen molar-refractivity contribution >= 4 is 11.9 Å². The highest BCUT2D eigenvalue weighted by Gasteiger charge is 2.72. The van der Waals surface area contributed by atoms with Crippen molar-refractivity contribution in [2.75, 3.05) is 13.2 Å². The third-order valence-corrected chi connectivity index (χ3v) is 11.6. The van der Waals surface area contributed by atoms with Gasteiger partial charge in [-0.25, -0.2) is 0 Å². The summed E-state index contributed by atoms with van der Waals surface area (Å²) in [6.45, 7) is 5.48. The van der Waals surface area contributed by atoms with Gasteiger partial charge in [-0.3, -0.25) is 9.59 Å². The lowest BCUT2D eigenvalue weighted by Gasteiger charge is -2.73. The fourth-order valence-corrected chi connectivity index (χ4v) is 11.2. The van der Waals surface area contributed by atoms with Crippen LogP contribution in [0.15, 0.2) is 0 Å². The molecule has 190 valence electrons. The third-order valence-electron chi connectivity index (χ3n) is 11.6. The van der Waals surface area contributed by atoms with Gasteiger partial charge in [0, 0.05) is 0 Å². The van der Waals surface area contributed by atoms with Gasteiger partial charge in [0.1, 0.15) is 0 Å². The third kappa shape index (κ3) is 3.43. The van der Waals surface area contributed by atoms with Crippen LogP contribution < -0.4 is 0 Å². The number of ether oxygens (including phenoxy) is 2. The van der Waals surface area contributed by atoms with Crippen molar-refractivity contribution < 1.29 is 19.1 Å². The summed E-state index contributed by atoms with van der Waals surface area (Å²) in [5.74, 6) is 2.97. The molecule has 0 saturated heterocycles. The Hall–Kier alpha value is -1.06. The molecule has 34 heavy (non-hydrogen) atoms. The maximum atomic E-state index is 13.6. The highest BCUT2D eigenvalue weighted by molar-refractivity contribution is 5.79. The molecular formula is C30H46O4. The summed E-state index contributed by atoms with van der Waals surface area (Å²) in [6.07, 6.45) is 18.2. The molecule has 0 aromatic carbocycles. The molecule has 0 heterocycles. The maximum Gasteiger partial charge on any atom is 0.312 e. The molecule has 8 rings (SSSR count). The smallest absolute Gasteiger partial charge is 0.312 e. The minimum absolute atomic E-state index is 0.123. The predicted octanol–water partition coefficient (Wildman–Crippen LogP) is 6.85. The summed E-state index contributed by atoms with van der Waals surface area (Å²) in [4.78, 5) is 27.1. The van der Waals surface area contributed by atoms with E-state index in [9.17, 15) is 9.59 Å². The van der Waals surface area contributed by atoms with Crippen LogP contribution >= 0.6 is 0 Å². The van der Waals surface area contributed by atoms with Crippen LogP contribution in [-0.4, -0.2) is 25.2 Å². The Balaban J connectivity index is 1.30. The van der Waals surface area contributed by atoms with Gasteiger partial charge in [0.15, 0.2) is 0 Å². The number of rotatable bonds is 9. The zero-order valence-electron chi connectivity index (χ0n) is 21.7. The fourth-order valence-electron chi connectivity index (χ4n) is 11.2. The second kappa shape index (κ2) is 8.23. The van der Waals surface area contributed by atoms with E-state index in [1.165, 1.54) is 38.5 Å². The SMILES string of the molecule is CCCCOC(=O)C12CC3CC(C1)CC(C14CC5CC(CC(C(=O)OCCCC)(C5)C1)C4)(C3)C2. The van der Waals surface area contributed by atoms with Crippen LogP contribution in [0.4, 0.5) is 0 Å². The molecule has 8 fully saturated rings. The molecule has 8 saturated carbocycles. The molecule has 0 N–H and O–H groups in total. The normalized spacial score (nSPS) is 47.7. The molecule has 8 aliphatic carbocycles. The van der Waals surface area contributed by atoms with Crippen molar-refractivity contribution in [3.63, 3.8) is 0 Å². The molecule has 0 amide bonds. The number of hydrogen-bond acceptors (Lipinski definition) is 4. The Morgan fingerprint density at radius 2 is 0.971 bits per heavy atom. The van der Waals surface area contributed by atoms with Gasteiger partial charge >= 0.3 is 11.9 Å². The summed E-state index contributed by atoms with van der Waals surface area (Å²) in [7, 11) is 0. The van der Waals surface area contributed by atoms with Crippen LogP contribution in [0, 0.1) is 45.3 Å². The van der Waals surface area contributed by atoms with Gasteiger partial charge in [0.2, 0.25) is 0 Å². The van der Waals surface area contributed by atoms with Crippen molar-refractivity contribution in [1.29, 1.82) is 0 Å². The first-order valence-corrected chi connectivity index (χ1v) is 14.7. The van der Waals surface area contributed by atoms with Crippen molar-refractivity contribution in [3.05, 3.63) is 0 Å². The average molecular weight is 471 g/mol. The van der Waals surface area contributed by atoms with Crippen molar-refractivity contribution in [1.82, 2.24) is 0 Å². The molecule has 0 aromatic rings. The van der Waals surface area contributed by atoms with E-state index < -0.39 is 0 Å². The molecule has 4 nitrogen and oxygen atoms in total. The van der Waals surface area contributed by atoms with Crippen LogP contribution in [0.25, 0.3) is 0 Å². The van der Waals surface area contributed by atoms with Crippen molar-refractivity contribution in [3.8, 4) is 0 Å². The van der Waals surface area contributed by atoms with Crippen LogP contribution in [0.2, 0.25) is 0 Å². The highest BCUT2D eigenvalue weighted by atomic mass is 16.5. The molecular weight excluding hydrogens is 424 g/mol. The Morgan fingerprint density at radius 3 is 1.29 bits per heavy atom. The van der Waals surface area contributed by atoms with E-state index in [0.29, 0.717) is 36.9 Å². The number of unbranched alkanes of at least 4 members (excludes halogenated alkanes) is 2. The molecule has 0 radical (unpaired) electrons. The first kappa shape index (κ1) is 23.3. The number of carbonyl (C=O) groups excluding carboxylic acids is 2. The average Bonchev–Trinajstić information content (AvgIpc) is 2.77. The monoisotopic (exact) mass is 470 g/mol. The summed E-state index contributed by atoms with van der Waals surface area (Å²) < 4.78 is 11.9. The molecule has 4 unspecified atom stereocenters. The molecule has 0 spiro atoms. The van der Waals surface area contributed by atoms with Gasteiger partial charge in [-0.15, -0.1) is 0 Å². The number of esters is 2. The second-order valence-electron chi connectivity index (χ2n) is 14.0. The van der Waals surface area contributed by atoms with Gasteiger partial charge in [-0.1, -0.05) is 26.7 Å². The summed E-state index contributed by atoms with van der Waals surface area (Å²) in [5, 5.41) is 0. The Kier molecular flexibility index (Phi) is 5.65. The molecule has 8 bridgehead atoms. The van der Waals surface area contributed by atoms with Gasteiger partial charge in [0.25, 0.3) is 0 Å². The van der Waals surface area contributed by atoms with E-state index in [0.717, 1.165) is 64.2 Å². The van der Waals surface area contributed by atoms with E-state index in [4.69, 9.17) is 9.47 Å². The minimum atomic E-state index is -0.240. The lowest BCUT2D eigenvalue weighted by molar-refractivity contribution is -0.244. The fraction of sp³-hybridized carbons (Fsp3) is 0.933. The van der Waals surface area contributed by atoms with E-state index in [2.05, 4.69) is 13.8 Å². The van der Waals surface area contributed by atoms with Gasteiger partial charge in [-0.05, 0) is 124 Å². The minimum Gasteiger partial charge on any atom is -0.465 e. The first-order chi connectivity index (χ1) is 16.4. The zero-order chi connectivity index (χ0) is 23.6. The van der Waals surface area contributed by atoms with E-state index in [1.807, 2.05) is 0 Å². The maximum absolute atomic E-state index is 13.6. The molecule has 4 atom stereocenters.